The fraction of sp³-hybridized carbons (Fsp3) is 1.00. The third-order valence-corrected chi connectivity index (χ3v) is 5.07. The summed E-state index contributed by atoms with van der Waals surface area (Å²) in [6.45, 7) is 7.19. The van der Waals surface area contributed by atoms with E-state index in [9.17, 15) is 0 Å². The van der Waals surface area contributed by atoms with Gasteiger partial charge in [-0.2, -0.15) is 0 Å². The molecule has 4 atom stereocenters. The van der Waals surface area contributed by atoms with E-state index in [1.807, 2.05) is 0 Å². The van der Waals surface area contributed by atoms with Crippen LogP contribution >= 0.6 is 0 Å². The summed E-state index contributed by atoms with van der Waals surface area (Å²) in [4.78, 5) is 0. The third-order valence-electron chi connectivity index (χ3n) is 5.07. The van der Waals surface area contributed by atoms with Gasteiger partial charge in [0.05, 0.1) is 0 Å². The van der Waals surface area contributed by atoms with E-state index in [0.29, 0.717) is 0 Å². The highest BCUT2D eigenvalue weighted by molar-refractivity contribution is 5.00. The van der Waals surface area contributed by atoms with E-state index in [2.05, 4.69) is 20.8 Å². The maximum atomic E-state index is 2.42. The fourth-order valence-corrected chi connectivity index (χ4v) is 4.16. The Hall–Kier alpha value is 0. The largest absolute Gasteiger partial charge is 0.0651 e. The van der Waals surface area contributed by atoms with Gasteiger partial charge in [0.15, 0.2) is 0 Å². The van der Waals surface area contributed by atoms with Gasteiger partial charge in [-0.05, 0) is 48.9 Å². The van der Waals surface area contributed by atoms with Crippen molar-refractivity contribution in [3.8, 4) is 0 Å². The summed E-state index contributed by atoms with van der Waals surface area (Å²) in [6, 6.07) is 0. The highest BCUT2D eigenvalue weighted by Gasteiger charge is 2.50. The van der Waals surface area contributed by atoms with Crippen molar-refractivity contribution in [1.29, 1.82) is 0 Å². The Balaban J connectivity index is 1.97. The normalized spacial score (nSPS) is 37.3. The van der Waals surface area contributed by atoms with Crippen LogP contribution in [0.5, 0.6) is 0 Å². The molecule has 0 amide bonds. The van der Waals surface area contributed by atoms with Gasteiger partial charge in [0.25, 0.3) is 0 Å². The van der Waals surface area contributed by atoms with E-state index in [1.165, 1.54) is 31.1 Å². The van der Waals surface area contributed by atoms with Crippen LogP contribution in [0.3, 0.4) is 0 Å². The molecule has 0 saturated heterocycles. The second kappa shape index (κ2) is 4.24. The number of hydrogen-bond acceptors (Lipinski definition) is 0. The molecule has 0 aromatic carbocycles. The smallest absolute Gasteiger partial charge is 0.0352 e. The Morgan fingerprint density at radius 3 is 2.07 bits per heavy atom. The summed E-state index contributed by atoms with van der Waals surface area (Å²) in [6.07, 6.45) is 8.95. The van der Waals surface area contributed by atoms with E-state index in [-0.39, 0.29) is 0 Å². The maximum absolute atomic E-state index is 2.42. The highest BCUT2D eigenvalue weighted by Crippen LogP contribution is 2.59. The standard InChI is InChI=1S/C14H26/c1-4-10(5-2)12(6-3)13-8-7-11-9-14(11)13/h10-14H,4-9H2,1-3H3. The van der Waals surface area contributed by atoms with Gasteiger partial charge in [0.2, 0.25) is 0 Å². The summed E-state index contributed by atoms with van der Waals surface area (Å²) in [7, 11) is 0. The third kappa shape index (κ3) is 1.73. The molecule has 0 spiro atoms. The molecule has 2 aliphatic carbocycles. The van der Waals surface area contributed by atoms with Gasteiger partial charge >= 0.3 is 0 Å². The SMILES string of the molecule is CCC(CC)C(CC)C1CCC2CC21. The van der Waals surface area contributed by atoms with Crippen LogP contribution < -0.4 is 0 Å². The van der Waals surface area contributed by atoms with Gasteiger partial charge in [0, 0.05) is 0 Å². The van der Waals surface area contributed by atoms with E-state index in [4.69, 9.17) is 0 Å². The average molecular weight is 194 g/mol. The molecule has 0 heteroatoms. The van der Waals surface area contributed by atoms with E-state index in [1.54, 1.807) is 19.3 Å². The monoisotopic (exact) mass is 194 g/mol. The maximum Gasteiger partial charge on any atom is -0.0352 e. The van der Waals surface area contributed by atoms with Gasteiger partial charge in [-0.3, -0.25) is 0 Å². The topological polar surface area (TPSA) is 0 Å². The molecule has 2 aliphatic rings. The second-order valence-corrected chi connectivity index (χ2v) is 5.55. The number of fused-ring (bicyclic) bond motifs is 1. The Morgan fingerprint density at radius 1 is 1.00 bits per heavy atom. The lowest BCUT2D eigenvalue weighted by Gasteiger charge is -2.30. The first kappa shape index (κ1) is 10.5. The van der Waals surface area contributed by atoms with Crippen molar-refractivity contribution in [2.24, 2.45) is 29.6 Å². The van der Waals surface area contributed by atoms with E-state index in [0.717, 1.165) is 17.8 Å². The quantitative estimate of drug-likeness (QED) is 0.604. The minimum atomic E-state index is 1.02. The molecule has 82 valence electrons. The van der Waals surface area contributed by atoms with Gasteiger partial charge in [-0.15, -0.1) is 0 Å². The molecule has 4 unspecified atom stereocenters. The Morgan fingerprint density at radius 2 is 1.71 bits per heavy atom. The molecule has 0 aromatic heterocycles. The van der Waals surface area contributed by atoms with Crippen molar-refractivity contribution >= 4 is 0 Å². The fourth-order valence-electron chi connectivity index (χ4n) is 4.16. The van der Waals surface area contributed by atoms with Crippen LogP contribution in [0.15, 0.2) is 0 Å². The first-order chi connectivity index (χ1) is 6.81. The van der Waals surface area contributed by atoms with E-state index < -0.39 is 0 Å². The Labute approximate surface area is 89.5 Å². The van der Waals surface area contributed by atoms with Gasteiger partial charge < -0.3 is 0 Å². The van der Waals surface area contributed by atoms with Gasteiger partial charge in [-0.1, -0.05) is 40.0 Å². The molecule has 0 aromatic rings. The zero-order valence-electron chi connectivity index (χ0n) is 10.1. The average Bonchev–Trinajstić information content (AvgIpc) is 2.89. The van der Waals surface area contributed by atoms with Crippen molar-refractivity contribution in [3.05, 3.63) is 0 Å². The van der Waals surface area contributed by atoms with Crippen molar-refractivity contribution in [3.63, 3.8) is 0 Å². The second-order valence-electron chi connectivity index (χ2n) is 5.55. The van der Waals surface area contributed by atoms with Crippen molar-refractivity contribution in [2.45, 2.75) is 59.3 Å². The van der Waals surface area contributed by atoms with Crippen LogP contribution in [0, 0.1) is 29.6 Å². The summed E-state index contributed by atoms with van der Waals surface area (Å²) in [5.74, 6) is 5.53. The van der Waals surface area contributed by atoms with Crippen LogP contribution in [0.4, 0.5) is 0 Å². The lowest BCUT2D eigenvalue weighted by atomic mass is 9.75. The molecule has 0 aliphatic heterocycles. The molecule has 0 bridgehead atoms. The zero-order chi connectivity index (χ0) is 10.1. The van der Waals surface area contributed by atoms with Crippen molar-refractivity contribution in [1.82, 2.24) is 0 Å². The number of rotatable bonds is 5. The van der Waals surface area contributed by atoms with Crippen LogP contribution in [-0.4, -0.2) is 0 Å². The molecule has 0 heterocycles. The summed E-state index contributed by atoms with van der Waals surface area (Å²) < 4.78 is 0. The van der Waals surface area contributed by atoms with Crippen molar-refractivity contribution in [2.75, 3.05) is 0 Å². The molecule has 0 N–H and O–H groups in total. The van der Waals surface area contributed by atoms with Crippen LogP contribution in [0.2, 0.25) is 0 Å². The van der Waals surface area contributed by atoms with E-state index >= 15 is 0 Å². The Kier molecular flexibility index (Phi) is 3.19. The highest BCUT2D eigenvalue weighted by atomic mass is 14.6. The Bertz CT molecular complexity index is 180. The van der Waals surface area contributed by atoms with Crippen LogP contribution in [0.1, 0.15) is 59.3 Å². The molecule has 2 rings (SSSR count). The lowest BCUT2D eigenvalue weighted by molar-refractivity contribution is 0.190. The predicted molar refractivity (Wildman–Crippen MR) is 62.2 cm³/mol. The molecular weight excluding hydrogens is 168 g/mol. The number of hydrogen-bond donors (Lipinski definition) is 0. The predicted octanol–water partition coefficient (Wildman–Crippen LogP) is 4.49. The molecule has 2 fully saturated rings. The summed E-state index contributed by atoms with van der Waals surface area (Å²) in [5, 5.41) is 0. The minimum absolute atomic E-state index is 1.02. The molecular formula is C14H26. The summed E-state index contributed by atoms with van der Waals surface area (Å²) in [5.41, 5.74) is 0. The first-order valence-corrected chi connectivity index (χ1v) is 6.81. The lowest BCUT2D eigenvalue weighted by Crippen LogP contribution is -2.22. The molecule has 14 heavy (non-hydrogen) atoms. The molecule has 0 nitrogen and oxygen atoms in total. The van der Waals surface area contributed by atoms with Crippen LogP contribution in [-0.2, 0) is 0 Å². The molecule has 2 saturated carbocycles. The summed E-state index contributed by atoms with van der Waals surface area (Å²) >= 11 is 0. The van der Waals surface area contributed by atoms with Crippen LogP contribution in [0.25, 0.3) is 0 Å². The zero-order valence-corrected chi connectivity index (χ0v) is 10.1. The van der Waals surface area contributed by atoms with Crippen molar-refractivity contribution < 1.29 is 0 Å². The first-order valence-electron chi connectivity index (χ1n) is 6.81. The van der Waals surface area contributed by atoms with Gasteiger partial charge in [-0.25, -0.2) is 0 Å². The van der Waals surface area contributed by atoms with Gasteiger partial charge in [0.1, 0.15) is 0 Å². The molecule has 0 radical (unpaired) electrons. The minimum Gasteiger partial charge on any atom is -0.0651 e.